The van der Waals surface area contributed by atoms with Crippen molar-refractivity contribution >= 4 is 22.7 Å². The zero-order valence-electron chi connectivity index (χ0n) is 11.5. The van der Waals surface area contributed by atoms with Gasteiger partial charge in [-0.15, -0.1) is 22.7 Å². The predicted octanol–water partition coefficient (Wildman–Crippen LogP) is 4.86. The fourth-order valence-corrected chi connectivity index (χ4v) is 3.59. The number of nitrogens with zero attached hydrogens (tertiary/aromatic N) is 1. The highest BCUT2D eigenvalue weighted by Crippen LogP contribution is 2.24. The van der Waals surface area contributed by atoms with E-state index in [2.05, 4.69) is 34.7 Å². The molecule has 2 heterocycles. The number of nitrogens with one attached hydrogen (secondary N) is 1. The fraction of sp³-hybridized carbons (Fsp3) is 0.188. The van der Waals surface area contributed by atoms with Crippen LogP contribution >= 0.6 is 22.7 Å². The molecule has 1 aromatic carbocycles. The van der Waals surface area contributed by atoms with Crippen molar-refractivity contribution in [3.63, 3.8) is 0 Å². The molecule has 1 unspecified atom stereocenters. The number of hydrogen-bond acceptors (Lipinski definition) is 4. The van der Waals surface area contributed by atoms with E-state index in [1.54, 1.807) is 34.8 Å². The molecule has 2 aromatic heterocycles. The van der Waals surface area contributed by atoms with Crippen LogP contribution < -0.4 is 5.32 Å². The molecular weight excluding hydrogens is 303 g/mol. The van der Waals surface area contributed by atoms with Gasteiger partial charge in [-0.1, -0.05) is 6.07 Å². The van der Waals surface area contributed by atoms with Gasteiger partial charge < -0.3 is 5.32 Å². The second-order valence-corrected chi connectivity index (χ2v) is 6.61. The second-order valence-electron chi connectivity index (χ2n) is 4.77. The Balaban J connectivity index is 1.64. The quantitative estimate of drug-likeness (QED) is 0.726. The summed E-state index contributed by atoms with van der Waals surface area (Å²) in [6.07, 6.45) is 0. The number of rotatable bonds is 5. The third-order valence-corrected chi connectivity index (χ3v) is 5.20. The number of thiazole rings is 1. The summed E-state index contributed by atoms with van der Waals surface area (Å²) in [5.74, 6) is -0.220. The highest BCUT2D eigenvalue weighted by molar-refractivity contribution is 7.13. The Morgan fingerprint density at radius 3 is 2.71 bits per heavy atom. The lowest BCUT2D eigenvalue weighted by molar-refractivity contribution is 0.577. The molecule has 1 atom stereocenters. The molecule has 108 valence electrons. The number of aromatic nitrogens is 1. The zero-order chi connectivity index (χ0) is 14.7. The maximum atomic E-state index is 12.9. The predicted molar refractivity (Wildman–Crippen MR) is 87.1 cm³/mol. The Labute approximate surface area is 131 Å². The monoisotopic (exact) mass is 318 g/mol. The first kappa shape index (κ1) is 14.4. The standard InChI is InChI=1S/C16H15FN2S2/c1-11(15-3-2-8-20-15)18-9-14-10-21-16(19-14)12-4-6-13(17)7-5-12/h2-8,10-11,18H,9H2,1H3. The highest BCUT2D eigenvalue weighted by atomic mass is 32.1. The van der Waals surface area contributed by atoms with Gasteiger partial charge in [0.15, 0.2) is 0 Å². The second kappa shape index (κ2) is 6.47. The summed E-state index contributed by atoms with van der Waals surface area (Å²) in [6, 6.07) is 11.0. The van der Waals surface area contributed by atoms with Gasteiger partial charge in [-0.2, -0.15) is 0 Å². The Kier molecular flexibility index (Phi) is 4.43. The van der Waals surface area contributed by atoms with Crippen LogP contribution in [0.15, 0.2) is 47.2 Å². The van der Waals surface area contributed by atoms with Gasteiger partial charge in [-0.25, -0.2) is 9.37 Å². The Hall–Kier alpha value is -1.56. The van der Waals surface area contributed by atoms with Crippen molar-refractivity contribution in [2.45, 2.75) is 19.5 Å². The molecule has 21 heavy (non-hydrogen) atoms. The number of halogens is 1. The summed E-state index contributed by atoms with van der Waals surface area (Å²) in [4.78, 5) is 5.92. The summed E-state index contributed by atoms with van der Waals surface area (Å²) < 4.78 is 12.9. The average molecular weight is 318 g/mol. The van der Waals surface area contributed by atoms with E-state index < -0.39 is 0 Å². The molecule has 0 spiro atoms. The molecule has 5 heteroatoms. The van der Waals surface area contributed by atoms with Crippen molar-refractivity contribution in [1.82, 2.24) is 10.3 Å². The third kappa shape index (κ3) is 3.56. The zero-order valence-corrected chi connectivity index (χ0v) is 13.2. The maximum Gasteiger partial charge on any atom is 0.123 e. The van der Waals surface area contributed by atoms with Crippen LogP contribution in [-0.2, 0) is 6.54 Å². The third-order valence-electron chi connectivity index (χ3n) is 3.20. The SMILES string of the molecule is CC(NCc1csc(-c2ccc(F)cc2)n1)c1cccs1. The van der Waals surface area contributed by atoms with Crippen LogP contribution in [0.5, 0.6) is 0 Å². The van der Waals surface area contributed by atoms with Gasteiger partial charge in [0.2, 0.25) is 0 Å². The van der Waals surface area contributed by atoms with Crippen molar-refractivity contribution in [3.05, 3.63) is 63.5 Å². The van der Waals surface area contributed by atoms with Gasteiger partial charge in [0.05, 0.1) is 5.69 Å². The van der Waals surface area contributed by atoms with E-state index >= 15 is 0 Å². The number of hydrogen-bond donors (Lipinski definition) is 1. The van der Waals surface area contributed by atoms with Crippen LogP contribution in [0.3, 0.4) is 0 Å². The van der Waals surface area contributed by atoms with E-state index in [0.717, 1.165) is 22.8 Å². The Morgan fingerprint density at radius 1 is 1.19 bits per heavy atom. The van der Waals surface area contributed by atoms with E-state index in [0.29, 0.717) is 6.04 Å². The van der Waals surface area contributed by atoms with Gasteiger partial charge in [0.1, 0.15) is 10.8 Å². The average Bonchev–Trinajstić information content (AvgIpc) is 3.17. The summed E-state index contributed by atoms with van der Waals surface area (Å²) in [6.45, 7) is 2.88. The maximum absolute atomic E-state index is 12.9. The number of benzene rings is 1. The summed E-state index contributed by atoms with van der Waals surface area (Å²) in [7, 11) is 0. The molecule has 3 aromatic rings. The minimum Gasteiger partial charge on any atom is -0.304 e. The Morgan fingerprint density at radius 2 is 2.00 bits per heavy atom. The molecule has 1 N–H and O–H groups in total. The topological polar surface area (TPSA) is 24.9 Å². The van der Waals surface area contributed by atoms with E-state index in [4.69, 9.17) is 0 Å². The summed E-state index contributed by atoms with van der Waals surface area (Å²) in [5.41, 5.74) is 1.97. The normalized spacial score (nSPS) is 12.5. The molecule has 0 bridgehead atoms. The molecule has 0 saturated carbocycles. The fourth-order valence-electron chi connectivity index (χ4n) is 2.01. The van der Waals surface area contributed by atoms with Gasteiger partial charge in [-0.3, -0.25) is 0 Å². The lowest BCUT2D eigenvalue weighted by atomic mass is 10.2. The lowest BCUT2D eigenvalue weighted by Gasteiger charge is -2.10. The largest absolute Gasteiger partial charge is 0.304 e. The van der Waals surface area contributed by atoms with Crippen molar-refractivity contribution in [1.29, 1.82) is 0 Å². The van der Waals surface area contributed by atoms with Gasteiger partial charge in [0, 0.05) is 28.4 Å². The highest BCUT2D eigenvalue weighted by Gasteiger charge is 2.08. The summed E-state index contributed by atoms with van der Waals surface area (Å²) >= 11 is 3.34. The first-order chi connectivity index (χ1) is 10.2. The minimum atomic E-state index is -0.220. The van der Waals surface area contributed by atoms with Crippen LogP contribution in [0.2, 0.25) is 0 Å². The van der Waals surface area contributed by atoms with E-state index in [-0.39, 0.29) is 5.82 Å². The van der Waals surface area contributed by atoms with Gasteiger partial charge in [0.25, 0.3) is 0 Å². The molecular formula is C16H15FN2S2. The molecule has 0 amide bonds. The summed E-state index contributed by atoms with van der Waals surface area (Å²) in [5, 5.41) is 8.53. The van der Waals surface area contributed by atoms with E-state index in [1.165, 1.54) is 17.0 Å². The van der Waals surface area contributed by atoms with Crippen LogP contribution in [0, 0.1) is 5.82 Å². The van der Waals surface area contributed by atoms with Crippen molar-refractivity contribution in [3.8, 4) is 10.6 Å². The molecule has 0 aliphatic heterocycles. The molecule has 0 aliphatic carbocycles. The molecule has 0 saturated heterocycles. The van der Waals surface area contributed by atoms with Crippen LogP contribution in [-0.4, -0.2) is 4.98 Å². The van der Waals surface area contributed by atoms with Crippen molar-refractivity contribution < 1.29 is 4.39 Å². The first-order valence-corrected chi connectivity index (χ1v) is 8.45. The number of thiophene rings is 1. The van der Waals surface area contributed by atoms with E-state index in [1.807, 2.05) is 5.38 Å². The Bertz CT molecular complexity index is 689. The van der Waals surface area contributed by atoms with Crippen LogP contribution in [0.1, 0.15) is 23.5 Å². The smallest absolute Gasteiger partial charge is 0.123 e. The molecule has 2 nitrogen and oxygen atoms in total. The molecule has 0 fully saturated rings. The van der Waals surface area contributed by atoms with Crippen LogP contribution in [0.4, 0.5) is 4.39 Å². The van der Waals surface area contributed by atoms with Gasteiger partial charge in [-0.05, 0) is 42.6 Å². The lowest BCUT2D eigenvalue weighted by Crippen LogP contribution is -2.17. The molecule has 0 aliphatic rings. The van der Waals surface area contributed by atoms with E-state index in [9.17, 15) is 4.39 Å². The first-order valence-electron chi connectivity index (χ1n) is 6.69. The van der Waals surface area contributed by atoms with Crippen molar-refractivity contribution in [2.75, 3.05) is 0 Å². The van der Waals surface area contributed by atoms with Crippen molar-refractivity contribution in [2.24, 2.45) is 0 Å². The molecule has 0 radical (unpaired) electrons. The van der Waals surface area contributed by atoms with Crippen LogP contribution in [0.25, 0.3) is 10.6 Å². The van der Waals surface area contributed by atoms with Gasteiger partial charge >= 0.3 is 0 Å². The minimum absolute atomic E-state index is 0.220. The molecule has 3 rings (SSSR count).